The van der Waals surface area contributed by atoms with E-state index < -0.39 is 12.6 Å². The maximum Gasteiger partial charge on any atom is 0.341 e. The number of aromatic nitrogens is 2. The molecule has 0 bridgehead atoms. The van der Waals surface area contributed by atoms with E-state index in [2.05, 4.69) is 14.9 Å². The van der Waals surface area contributed by atoms with E-state index in [9.17, 15) is 9.59 Å². The standard InChI is InChI=1S/C17H25N3O5/c1-2-24-16(23)5-3-4-13-6-8-20(9-7-13)17-18-10-14(11-19-17)25-12-15(21)22/h10-11,13H,2-9,12H2,1H3,(H,21,22). The molecule has 2 rings (SSSR count). The van der Waals surface area contributed by atoms with Gasteiger partial charge in [-0.15, -0.1) is 0 Å². The van der Waals surface area contributed by atoms with E-state index in [0.29, 0.717) is 30.6 Å². The van der Waals surface area contributed by atoms with E-state index in [1.807, 2.05) is 6.92 Å². The van der Waals surface area contributed by atoms with Crippen molar-refractivity contribution in [2.45, 2.75) is 39.0 Å². The van der Waals surface area contributed by atoms with Gasteiger partial charge in [0, 0.05) is 19.5 Å². The molecular formula is C17H25N3O5. The minimum Gasteiger partial charge on any atom is -0.479 e. The van der Waals surface area contributed by atoms with Crippen molar-refractivity contribution < 1.29 is 24.2 Å². The molecular weight excluding hydrogens is 326 g/mol. The zero-order valence-corrected chi connectivity index (χ0v) is 14.5. The normalized spacial score (nSPS) is 15.0. The third kappa shape index (κ3) is 6.56. The SMILES string of the molecule is CCOC(=O)CCCC1CCN(c2ncc(OCC(=O)O)cn2)CC1. The zero-order chi connectivity index (χ0) is 18.1. The predicted octanol–water partition coefficient (Wildman–Crippen LogP) is 1.89. The van der Waals surface area contributed by atoms with Gasteiger partial charge in [-0.05, 0) is 38.5 Å². The van der Waals surface area contributed by atoms with Crippen molar-refractivity contribution in [1.29, 1.82) is 0 Å². The fraction of sp³-hybridized carbons (Fsp3) is 0.647. The Bertz CT molecular complexity index is 556. The van der Waals surface area contributed by atoms with Crippen LogP contribution in [0, 0.1) is 5.92 Å². The molecule has 1 aliphatic heterocycles. The van der Waals surface area contributed by atoms with Crippen molar-refractivity contribution in [3.05, 3.63) is 12.4 Å². The highest BCUT2D eigenvalue weighted by Gasteiger charge is 2.21. The number of carboxylic acid groups (broad SMARTS) is 1. The summed E-state index contributed by atoms with van der Waals surface area (Å²) in [5.74, 6) is 0.448. The van der Waals surface area contributed by atoms with Gasteiger partial charge in [0.15, 0.2) is 12.4 Å². The van der Waals surface area contributed by atoms with Crippen LogP contribution in [-0.4, -0.2) is 53.3 Å². The summed E-state index contributed by atoms with van der Waals surface area (Å²) in [6, 6.07) is 0. The molecule has 0 radical (unpaired) electrons. The molecule has 2 heterocycles. The Labute approximate surface area is 147 Å². The molecule has 0 unspecified atom stereocenters. The Balaban J connectivity index is 1.70. The quantitative estimate of drug-likeness (QED) is 0.673. The first kappa shape index (κ1) is 19.0. The molecule has 8 nitrogen and oxygen atoms in total. The van der Waals surface area contributed by atoms with Gasteiger partial charge >= 0.3 is 11.9 Å². The van der Waals surface area contributed by atoms with Crippen LogP contribution in [0.1, 0.15) is 39.0 Å². The molecule has 0 amide bonds. The lowest BCUT2D eigenvalue weighted by molar-refractivity contribution is -0.143. The average molecular weight is 351 g/mol. The second-order valence-electron chi connectivity index (χ2n) is 6.03. The van der Waals surface area contributed by atoms with E-state index >= 15 is 0 Å². The van der Waals surface area contributed by atoms with Gasteiger partial charge < -0.3 is 19.5 Å². The van der Waals surface area contributed by atoms with E-state index in [4.69, 9.17) is 14.6 Å². The van der Waals surface area contributed by atoms with Gasteiger partial charge in [-0.2, -0.15) is 0 Å². The number of esters is 1. The molecule has 0 saturated carbocycles. The number of carboxylic acids is 1. The summed E-state index contributed by atoms with van der Waals surface area (Å²) in [4.78, 5) is 32.4. The molecule has 1 aliphatic rings. The Kier molecular flexibility index (Phi) is 7.43. The van der Waals surface area contributed by atoms with Gasteiger partial charge in [0.2, 0.25) is 5.95 Å². The van der Waals surface area contributed by atoms with Crippen LogP contribution in [0.2, 0.25) is 0 Å². The van der Waals surface area contributed by atoms with Gasteiger partial charge in [0.1, 0.15) is 0 Å². The summed E-state index contributed by atoms with van der Waals surface area (Å²) in [7, 11) is 0. The van der Waals surface area contributed by atoms with Crippen molar-refractivity contribution >= 4 is 17.9 Å². The van der Waals surface area contributed by atoms with Crippen LogP contribution in [-0.2, 0) is 14.3 Å². The minimum atomic E-state index is -1.03. The molecule has 1 N–H and O–H groups in total. The van der Waals surface area contributed by atoms with E-state index in [1.165, 1.54) is 12.4 Å². The molecule has 0 aromatic carbocycles. The predicted molar refractivity (Wildman–Crippen MR) is 90.6 cm³/mol. The number of nitrogens with zero attached hydrogens (tertiary/aromatic N) is 3. The molecule has 0 atom stereocenters. The van der Waals surface area contributed by atoms with Crippen molar-refractivity contribution in [3.8, 4) is 5.75 Å². The van der Waals surface area contributed by atoms with Crippen LogP contribution >= 0.6 is 0 Å². The van der Waals surface area contributed by atoms with Crippen molar-refractivity contribution in [2.75, 3.05) is 31.2 Å². The van der Waals surface area contributed by atoms with Crippen molar-refractivity contribution in [1.82, 2.24) is 9.97 Å². The molecule has 8 heteroatoms. The largest absolute Gasteiger partial charge is 0.479 e. The number of rotatable bonds is 9. The highest BCUT2D eigenvalue weighted by Crippen LogP contribution is 2.25. The zero-order valence-electron chi connectivity index (χ0n) is 14.5. The lowest BCUT2D eigenvalue weighted by Crippen LogP contribution is -2.34. The van der Waals surface area contributed by atoms with Crippen LogP contribution in [0.25, 0.3) is 0 Å². The highest BCUT2D eigenvalue weighted by atomic mass is 16.5. The smallest absolute Gasteiger partial charge is 0.341 e. The number of carbonyl (C=O) groups is 2. The summed E-state index contributed by atoms with van der Waals surface area (Å²) in [5, 5.41) is 8.58. The summed E-state index contributed by atoms with van der Waals surface area (Å²) in [6.45, 7) is 3.61. The third-order valence-corrected chi connectivity index (χ3v) is 4.17. The third-order valence-electron chi connectivity index (χ3n) is 4.17. The topological polar surface area (TPSA) is 102 Å². The number of hydrogen-bond acceptors (Lipinski definition) is 7. The fourth-order valence-electron chi connectivity index (χ4n) is 2.88. The van der Waals surface area contributed by atoms with Crippen LogP contribution in [0.4, 0.5) is 5.95 Å². The van der Waals surface area contributed by atoms with Crippen molar-refractivity contribution in [3.63, 3.8) is 0 Å². The number of piperidine rings is 1. The molecule has 1 aromatic heterocycles. The van der Waals surface area contributed by atoms with Crippen LogP contribution < -0.4 is 9.64 Å². The summed E-state index contributed by atoms with van der Waals surface area (Å²) >= 11 is 0. The van der Waals surface area contributed by atoms with E-state index in [1.54, 1.807) is 0 Å². The molecule has 1 saturated heterocycles. The molecule has 0 spiro atoms. The monoisotopic (exact) mass is 351 g/mol. The van der Waals surface area contributed by atoms with Crippen LogP contribution in [0.3, 0.4) is 0 Å². The van der Waals surface area contributed by atoms with Gasteiger partial charge in [-0.1, -0.05) is 0 Å². The van der Waals surface area contributed by atoms with E-state index in [-0.39, 0.29) is 5.97 Å². The number of aliphatic carboxylic acids is 1. The fourth-order valence-corrected chi connectivity index (χ4v) is 2.88. The van der Waals surface area contributed by atoms with Gasteiger partial charge in [0.25, 0.3) is 0 Å². The second kappa shape index (κ2) is 9.80. The number of hydrogen-bond donors (Lipinski definition) is 1. The maximum atomic E-state index is 11.3. The number of ether oxygens (including phenoxy) is 2. The van der Waals surface area contributed by atoms with Crippen LogP contribution in [0.15, 0.2) is 12.4 Å². The lowest BCUT2D eigenvalue weighted by atomic mass is 9.92. The summed E-state index contributed by atoms with van der Waals surface area (Å²) in [6.07, 6.45) is 7.49. The summed E-state index contributed by atoms with van der Waals surface area (Å²) < 4.78 is 9.97. The van der Waals surface area contributed by atoms with Gasteiger partial charge in [0.05, 0.1) is 19.0 Å². The Morgan fingerprint density at radius 2 is 1.96 bits per heavy atom. The number of anilines is 1. The maximum absolute atomic E-state index is 11.3. The van der Waals surface area contributed by atoms with E-state index in [0.717, 1.165) is 38.8 Å². The number of carbonyl (C=O) groups excluding carboxylic acids is 1. The second-order valence-corrected chi connectivity index (χ2v) is 6.03. The molecule has 1 aromatic rings. The van der Waals surface area contributed by atoms with Crippen LogP contribution in [0.5, 0.6) is 5.75 Å². The minimum absolute atomic E-state index is 0.112. The molecule has 1 fully saturated rings. The van der Waals surface area contributed by atoms with Gasteiger partial charge in [-0.3, -0.25) is 4.79 Å². The first-order valence-corrected chi connectivity index (χ1v) is 8.65. The Morgan fingerprint density at radius 3 is 2.56 bits per heavy atom. The average Bonchev–Trinajstić information content (AvgIpc) is 2.61. The first-order valence-electron chi connectivity index (χ1n) is 8.65. The lowest BCUT2D eigenvalue weighted by Gasteiger charge is -2.32. The van der Waals surface area contributed by atoms with Crippen molar-refractivity contribution in [2.24, 2.45) is 5.92 Å². The molecule has 138 valence electrons. The Hall–Kier alpha value is -2.38. The highest BCUT2D eigenvalue weighted by molar-refractivity contribution is 5.69. The summed E-state index contributed by atoms with van der Waals surface area (Å²) in [5.41, 5.74) is 0. The van der Waals surface area contributed by atoms with Gasteiger partial charge in [-0.25, -0.2) is 14.8 Å². The Morgan fingerprint density at radius 1 is 1.28 bits per heavy atom. The molecule has 0 aliphatic carbocycles. The molecule has 25 heavy (non-hydrogen) atoms. The first-order chi connectivity index (χ1) is 12.1.